The third-order valence-corrected chi connectivity index (χ3v) is 5.07. The van der Waals surface area contributed by atoms with Gasteiger partial charge < -0.3 is 25.9 Å². The molecule has 0 spiro atoms. The van der Waals surface area contributed by atoms with Gasteiger partial charge in [0.15, 0.2) is 17.3 Å². The molecule has 0 bridgehead atoms. The second-order valence-electron chi connectivity index (χ2n) is 6.34. The minimum atomic E-state index is -0.229. The van der Waals surface area contributed by atoms with Gasteiger partial charge in [-0.05, 0) is 42.5 Å². The van der Waals surface area contributed by atoms with Crippen LogP contribution < -0.4 is 25.9 Å². The van der Waals surface area contributed by atoms with Crippen LogP contribution >= 0.6 is 11.8 Å². The summed E-state index contributed by atoms with van der Waals surface area (Å²) in [6, 6.07) is 12.1. The van der Waals surface area contributed by atoms with E-state index in [1.807, 2.05) is 0 Å². The predicted octanol–water partition coefficient (Wildman–Crippen LogP) is 2.37. The predicted molar refractivity (Wildman–Crippen MR) is 119 cm³/mol. The summed E-state index contributed by atoms with van der Waals surface area (Å²) in [5.74, 6) is 7.39. The fourth-order valence-corrected chi connectivity index (χ4v) is 3.37. The Hall–Kier alpha value is -3.73. The van der Waals surface area contributed by atoms with E-state index in [2.05, 4.69) is 20.8 Å². The van der Waals surface area contributed by atoms with Gasteiger partial charge >= 0.3 is 0 Å². The summed E-state index contributed by atoms with van der Waals surface area (Å²) in [5.41, 5.74) is 1.96. The van der Waals surface area contributed by atoms with Crippen molar-refractivity contribution in [3.05, 3.63) is 42.5 Å². The van der Waals surface area contributed by atoms with Gasteiger partial charge in [-0.25, -0.2) is 4.68 Å². The van der Waals surface area contributed by atoms with E-state index in [1.165, 1.54) is 11.6 Å². The summed E-state index contributed by atoms with van der Waals surface area (Å²) in [6.45, 7) is 1.43. The normalized spacial score (nSPS) is 10.4. The van der Waals surface area contributed by atoms with Gasteiger partial charge in [-0.1, -0.05) is 11.8 Å². The SMILES string of the molecule is COc1ccc(-c2nnc(SCC(=O)Nc3ccc(NC(C)=O)cc3)n2N)cc1OC. The molecule has 10 nitrogen and oxygen atoms in total. The van der Waals surface area contributed by atoms with Gasteiger partial charge in [0, 0.05) is 23.9 Å². The first-order valence-corrected chi connectivity index (χ1v) is 10.1. The van der Waals surface area contributed by atoms with E-state index >= 15 is 0 Å². The molecule has 3 rings (SSSR count). The van der Waals surface area contributed by atoms with Gasteiger partial charge in [-0.15, -0.1) is 10.2 Å². The number of aromatic nitrogens is 3. The summed E-state index contributed by atoms with van der Waals surface area (Å²) in [7, 11) is 3.10. The maximum absolute atomic E-state index is 12.3. The summed E-state index contributed by atoms with van der Waals surface area (Å²) in [4.78, 5) is 23.3. The van der Waals surface area contributed by atoms with Crippen molar-refractivity contribution in [1.82, 2.24) is 14.9 Å². The fraction of sp³-hybridized carbons (Fsp3) is 0.200. The van der Waals surface area contributed by atoms with Crippen LogP contribution in [-0.2, 0) is 9.59 Å². The molecule has 0 aliphatic heterocycles. The number of nitrogens with one attached hydrogen (secondary N) is 2. The van der Waals surface area contributed by atoms with Crippen LogP contribution in [0.2, 0.25) is 0 Å². The van der Waals surface area contributed by atoms with Crippen molar-refractivity contribution in [3.63, 3.8) is 0 Å². The lowest BCUT2D eigenvalue weighted by Gasteiger charge is -2.09. The average molecular weight is 443 g/mol. The van der Waals surface area contributed by atoms with E-state index in [-0.39, 0.29) is 17.6 Å². The van der Waals surface area contributed by atoms with E-state index in [1.54, 1.807) is 56.7 Å². The zero-order valence-electron chi connectivity index (χ0n) is 17.2. The monoisotopic (exact) mass is 442 g/mol. The number of methoxy groups -OCH3 is 2. The Bertz CT molecular complexity index is 1080. The summed E-state index contributed by atoms with van der Waals surface area (Å²) in [5, 5.41) is 14.0. The molecule has 0 radical (unpaired) electrons. The van der Waals surface area contributed by atoms with Gasteiger partial charge in [0.1, 0.15) is 0 Å². The average Bonchev–Trinajstić information content (AvgIpc) is 3.13. The molecule has 0 fully saturated rings. The molecule has 4 N–H and O–H groups in total. The van der Waals surface area contributed by atoms with Crippen molar-refractivity contribution in [1.29, 1.82) is 0 Å². The van der Waals surface area contributed by atoms with Crippen LogP contribution in [0.1, 0.15) is 6.92 Å². The molecule has 0 saturated heterocycles. The zero-order chi connectivity index (χ0) is 22.4. The molecule has 2 aromatic carbocycles. The first-order valence-electron chi connectivity index (χ1n) is 9.14. The Morgan fingerprint density at radius 1 is 1.00 bits per heavy atom. The number of carbonyl (C=O) groups excluding carboxylic acids is 2. The first-order chi connectivity index (χ1) is 14.9. The van der Waals surface area contributed by atoms with Crippen molar-refractivity contribution >= 4 is 35.0 Å². The van der Waals surface area contributed by atoms with Crippen LogP contribution in [0.15, 0.2) is 47.6 Å². The van der Waals surface area contributed by atoms with E-state index in [4.69, 9.17) is 15.3 Å². The number of nitrogens with two attached hydrogens (primary N) is 1. The van der Waals surface area contributed by atoms with Crippen molar-refractivity contribution in [2.45, 2.75) is 12.1 Å². The van der Waals surface area contributed by atoms with Gasteiger partial charge in [0.05, 0.1) is 20.0 Å². The topological polar surface area (TPSA) is 133 Å². The molecule has 2 amide bonds. The van der Waals surface area contributed by atoms with Gasteiger partial charge in [0.25, 0.3) is 0 Å². The number of nitrogen functional groups attached to an aromatic ring is 1. The Kier molecular flexibility index (Phi) is 6.98. The van der Waals surface area contributed by atoms with Crippen molar-refractivity contribution in [2.24, 2.45) is 0 Å². The highest BCUT2D eigenvalue weighted by molar-refractivity contribution is 7.99. The molecule has 1 heterocycles. The minimum Gasteiger partial charge on any atom is -0.493 e. The second kappa shape index (κ2) is 9.85. The van der Waals surface area contributed by atoms with Crippen LogP contribution in [-0.4, -0.2) is 46.7 Å². The van der Waals surface area contributed by atoms with Crippen LogP contribution in [0.25, 0.3) is 11.4 Å². The number of hydrogen-bond acceptors (Lipinski definition) is 8. The number of thioether (sulfide) groups is 1. The third kappa shape index (κ3) is 5.45. The molecule has 0 unspecified atom stereocenters. The minimum absolute atomic E-state index is 0.0920. The lowest BCUT2D eigenvalue weighted by atomic mass is 10.2. The van der Waals surface area contributed by atoms with Gasteiger partial charge in [0.2, 0.25) is 17.0 Å². The lowest BCUT2D eigenvalue weighted by Crippen LogP contribution is -2.16. The zero-order valence-corrected chi connectivity index (χ0v) is 18.0. The van der Waals surface area contributed by atoms with Crippen LogP contribution in [0.4, 0.5) is 11.4 Å². The number of anilines is 2. The number of carbonyl (C=O) groups is 2. The van der Waals surface area contributed by atoms with Crippen molar-refractivity contribution in [3.8, 4) is 22.9 Å². The Morgan fingerprint density at radius 3 is 2.26 bits per heavy atom. The number of hydrogen-bond donors (Lipinski definition) is 3. The molecule has 0 atom stereocenters. The summed E-state index contributed by atoms with van der Waals surface area (Å²) in [6.07, 6.45) is 0. The van der Waals surface area contributed by atoms with Crippen molar-refractivity contribution in [2.75, 3.05) is 36.4 Å². The van der Waals surface area contributed by atoms with Gasteiger partial charge in [-0.3, -0.25) is 9.59 Å². The molecule has 0 aliphatic carbocycles. The maximum atomic E-state index is 12.3. The molecule has 0 aliphatic rings. The van der Waals surface area contributed by atoms with E-state index in [0.717, 1.165) is 11.8 Å². The summed E-state index contributed by atoms with van der Waals surface area (Å²) < 4.78 is 11.9. The highest BCUT2D eigenvalue weighted by atomic mass is 32.2. The van der Waals surface area contributed by atoms with Crippen LogP contribution in [0.3, 0.4) is 0 Å². The van der Waals surface area contributed by atoms with Gasteiger partial charge in [-0.2, -0.15) is 0 Å². The molecule has 11 heteroatoms. The number of rotatable bonds is 8. The number of amides is 2. The Labute approximate surface area is 183 Å². The fourth-order valence-electron chi connectivity index (χ4n) is 2.71. The molecule has 1 aromatic heterocycles. The highest BCUT2D eigenvalue weighted by Crippen LogP contribution is 2.32. The number of ether oxygens (including phenoxy) is 2. The number of nitrogens with zero attached hydrogens (tertiary/aromatic N) is 3. The quantitative estimate of drug-likeness (QED) is 0.358. The smallest absolute Gasteiger partial charge is 0.234 e. The number of benzene rings is 2. The molecular formula is C20H22N6O4S. The Morgan fingerprint density at radius 2 is 1.65 bits per heavy atom. The van der Waals surface area contributed by atoms with E-state index in [0.29, 0.717) is 39.4 Å². The Balaban J connectivity index is 1.62. The molecule has 3 aromatic rings. The molecule has 162 valence electrons. The van der Waals surface area contributed by atoms with Crippen LogP contribution in [0, 0.1) is 0 Å². The molecule has 0 saturated carbocycles. The molecule has 31 heavy (non-hydrogen) atoms. The van der Waals surface area contributed by atoms with E-state index < -0.39 is 0 Å². The second-order valence-corrected chi connectivity index (χ2v) is 7.28. The molecular weight excluding hydrogens is 420 g/mol. The summed E-state index contributed by atoms with van der Waals surface area (Å²) >= 11 is 1.16. The third-order valence-electron chi connectivity index (χ3n) is 4.13. The van der Waals surface area contributed by atoms with E-state index in [9.17, 15) is 9.59 Å². The van der Waals surface area contributed by atoms with Crippen LogP contribution in [0.5, 0.6) is 11.5 Å². The highest BCUT2D eigenvalue weighted by Gasteiger charge is 2.16. The van der Waals surface area contributed by atoms with Crippen molar-refractivity contribution < 1.29 is 19.1 Å². The largest absolute Gasteiger partial charge is 0.493 e. The lowest BCUT2D eigenvalue weighted by molar-refractivity contribution is -0.114. The standard InChI is InChI=1S/C20H22N6O4S/c1-12(27)22-14-5-7-15(8-6-14)23-18(28)11-31-20-25-24-19(26(20)21)13-4-9-16(29-2)17(10-13)30-3/h4-10H,11,21H2,1-3H3,(H,22,27)(H,23,28). The maximum Gasteiger partial charge on any atom is 0.234 e. The first kappa shape index (κ1) is 22.0.